The second kappa shape index (κ2) is 6.66. The summed E-state index contributed by atoms with van der Waals surface area (Å²) in [6, 6.07) is 4.99. The van der Waals surface area contributed by atoms with Gasteiger partial charge in [-0.2, -0.15) is 4.99 Å². The molecule has 0 bridgehead atoms. The highest BCUT2D eigenvalue weighted by Gasteiger charge is 2.39. The third-order valence-electron chi connectivity index (χ3n) is 3.18. The zero-order valence-corrected chi connectivity index (χ0v) is 13.1. The van der Waals surface area contributed by atoms with Crippen molar-refractivity contribution in [2.24, 2.45) is 10.7 Å². The van der Waals surface area contributed by atoms with Crippen molar-refractivity contribution in [2.75, 3.05) is 13.1 Å². The van der Waals surface area contributed by atoms with E-state index in [2.05, 4.69) is 10.3 Å². The molecule has 9 heteroatoms. The molecule has 0 radical (unpaired) electrons. The van der Waals surface area contributed by atoms with Crippen LogP contribution in [0.2, 0.25) is 10.0 Å². The first-order valence-corrected chi connectivity index (χ1v) is 7.26. The van der Waals surface area contributed by atoms with Crippen molar-refractivity contribution in [1.82, 2.24) is 10.2 Å². The van der Waals surface area contributed by atoms with E-state index in [0.717, 1.165) is 5.56 Å². The molecule has 4 N–H and O–H groups in total. The van der Waals surface area contributed by atoms with Crippen molar-refractivity contribution in [1.29, 1.82) is 5.41 Å². The van der Waals surface area contributed by atoms with E-state index in [-0.39, 0.29) is 31.4 Å². The summed E-state index contributed by atoms with van der Waals surface area (Å²) in [5.41, 5.74) is 6.37. The molecule has 0 saturated carbocycles. The van der Waals surface area contributed by atoms with Crippen LogP contribution in [0, 0.1) is 5.41 Å². The lowest BCUT2D eigenvalue weighted by atomic mass is 10.2. The Bertz CT molecular complexity index is 606. The van der Waals surface area contributed by atoms with Crippen LogP contribution in [-0.2, 0) is 6.54 Å². The van der Waals surface area contributed by atoms with Crippen LogP contribution in [0.25, 0.3) is 0 Å². The second-order valence-corrected chi connectivity index (χ2v) is 5.78. The molecular formula is C13H15Cl2F2N5. The van der Waals surface area contributed by atoms with Crippen LogP contribution >= 0.6 is 23.2 Å². The molecule has 1 saturated heterocycles. The van der Waals surface area contributed by atoms with Gasteiger partial charge < -0.3 is 16.0 Å². The minimum absolute atomic E-state index is 0.100. The van der Waals surface area contributed by atoms with E-state index in [4.69, 9.17) is 34.3 Å². The third-order valence-corrected chi connectivity index (χ3v) is 3.77. The number of nitrogens with zero attached hydrogens (tertiary/aromatic N) is 2. The first kappa shape index (κ1) is 16.8. The second-order valence-electron chi connectivity index (χ2n) is 4.94. The Morgan fingerprint density at radius 1 is 1.45 bits per heavy atom. The molecule has 120 valence electrons. The number of alkyl halides is 2. The van der Waals surface area contributed by atoms with Gasteiger partial charge in [-0.25, -0.2) is 8.78 Å². The van der Waals surface area contributed by atoms with Crippen LogP contribution in [0.15, 0.2) is 23.2 Å². The number of rotatable bonds is 2. The molecule has 0 unspecified atom stereocenters. The summed E-state index contributed by atoms with van der Waals surface area (Å²) in [6.07, 6.45) is -0.260. The lowest BCUT2D eigenvalue weighted by molar-refractivity contribution is 0.0175. The molecule has 0 atom stereocenters. The van der Waals surface area contributed by atoms with Crippen molar-refractivity contribution in [3.8, 4) is 0 Å². The Labute approximate surface area is 136 Å². The summed E-state index contributed by atoms with van der Waals surface area (Å²) < 4.78 is 26.2. The fourth-order valence-corrected chi connectivity index (χ4v) is 2.48. The molecule has 5 nitrogen and oxygen atoms in total. The number of nitrogens with one attached hydrogen (secondary N) is 2. The van der Waals surface area contributed by atoms with Gasteiger partial charge >= 0.3 is 0 Å². The molecule has 1 aromatic rings. The van der Waals surface area contributed by atoms with Gasteiger partial charge in [0.05, 0.1) is 6.54 Å². The molecule has 0 spiro atoms. The zero-order valence-electron chi connectivity index (χ0n) is 11.5. The predicted octanol–water partition coefficient (Wildman–Crippen LogP) is 2.67. The Morgan fingerprint density at radius 2 is 2.18 bits per heavy atom. The minimum Gasteiger partial charge on any atom is -0.369 e. The summed E-state index contributed by atoms with van der Waals surface area (Å²) in [5.74, 6) is -3.08. The molecule has 0 aromatic heterocycles. The Hall–Kier alpha value is -1.60. The first-order valence-electron chi connectivity index (χ1n) is 6.50. The number of guanidine groups is 2. The van der Waals surface area contributed by atoms with Crippen molar-refractivity contribution >= 4 is 35.1 Å². The van der Waals surface area contributed by atoms with Crippen molar-refractivity contribution in [2.45, 2.75) is 18.9 Å². The predicted molar refractivity (Wildman–Crippen MR) is 83.8 cm³/mol. The van der Waals surface area contributed by atoms with Gasteiger partial charge in [-0.1, -0.05) is 29.3 Å². The number of halogens is 4. The van der Waals surface area contributed by atoms with Crippen LogP contribution in [0.1, 0.15) is 12.0 Å². The Kier molecular flexibility index (Phi) is 5.08. The van der Waals surface area contributed by atoms with Crippen LogP contribution in [0.5, 0.6) is 0 Å². The average Bonchev–Trinajstić information content (AvgIpc) is 2.78. The van der Waals surface area contributed by atoms with E-state index >= 15 is 0 Å². The maximum atomic E-state index is 13.1. The quantitative estimate of drug-likeness (QED) is 0.567. The number of nitrogens with two attached hydrogens (primary N) is 1. The van der Waals surface area contributed by atoms with E-state index < -0.39 is 12.5 Å². The number of likely N-dealkylation sites (tertiary alicyclic amines) is 1. The Balaban J connectivity index is 1.91. The van der Waals surface area contributed by atoms with Gasteiger partial charge in [0.1, 0.15) is 0 Å². The Morgan fingerprint density at radius 3 is 2.77 bits per heavy atom. The van der Waals surface area contributed by atoms with Crippen molar-refractivity contribution in [3.63, 3.8) is 0 Å². The van der Waals surface area contributed by atoms with E-state index in [1.807, 2.05) is 0 Å². The van der Waals surface area contributed by atoms with Gasteiger partial charge in [-0.05, 0) is 17.7 Å². The van der Waals surface area contributed by atoms with Crippen molar-refractivity contribution in [3.05, 3.63) is 33.8 Å². The monoisotopic (exact) mass is 349 g/mol. The SMILES string of the molecule is N=C(N=C(N)N1CCC(F)(F)C1)NCc1ccc(Cl)cc1Cl. The molecule has 1 fully saturated rings. The fraction of sp³-hybridized carbons (Fsp3) is 0.385. The van der Waals surface area contributed by atoms with Gasteiger partial charge in [-0.3, -0.25) is 5.41 Å². The summed E-state index contributed by atoms with van der Waals surface area (Å²) in [6.45, 7) is -0.0982. The fourth-order valence-electron chi connectivity index (χ4n) is 2.00. The van der Waals surface area contributed by atoms with Crippen molar-refractivity contribution < 1.29 is 8.78 Å². The maximum absolute atomic E-state index is 13.1. The zero-order chi connectivity index (χ0) is 16.3. The van der Waals surface area contributed by atoms with Crippen LogP contribution in [0.3, 0.4) is 0 Å². The van der Waals surface area contributed by atoms with Crippen LogP contribution in [-0.4, -0.2) is 35.8 Å². The molecule has 1 heterocycles. The highest BCUT2D eigenvalue weighted by Crippen LogP contribution is 2.26. The molecule has 22 heavy (non-hydrogen) atoms. The molecule has 1 aromatic carbocycles. The summed E-state index contributed by atoms with van der Waals surface area (Å²) >= 11 is 11.8. The molecule has 2 rings (SSSR count). The standard InChI is InChI=1S/C13H15Cl2F2N5/c14-9-2-1-8(10(15)5-9)6-20-11(18)21-12(19)22-4-3-13(16,17)7-22/h1-2,5H,3-4,6-7H2,(H4,18,19,20,21). The number of benzene rings is 1. The lowest BCUT2D eigenvalue weighted by Gasteiger charge is -2.17. The van der Waals surface area contributed by atoms with Gasteiger partial charge in [0, 0.05) is 29.6 Å². The van der Waals surface area contributed by atoms with Gasteiger partial charge in [0.15, 0.2) is 5.96 Å². The molecule has 0 amide bonds. The first-order chi connectivity index (χ1) is 10.3. The molecule has 0 aliphatic carbocycles. The topological polar surface area (TPSA) is 77.5 Å². The van der Waals surface area contributed by atoms with Gasteiger partial charge in [-0.15, -0.1) is 0 Å². The summed E-state index contributed by atoms with van der Waals surface area (Å²) in [5, 5.41) is 11.4. The number of aliphatic imine (C=N–C) groups is 1. The average molecular weight is 350 g/mol. The summed E-state index contributed by atoms with van der Waals surface area (Å²) in [4.78, 5) is 5.03. The van der Waals surface area contributed by atoms with E-state index in [1.165, 1.54) is 4.90 Å². The number of hydrogen-bond donors (Lipinski definition) is 3. The third kappa shape index (κ3) is 4.45. The van der Waals surface area contributed by atoms with Crippen LogP contribution in [0.4, 0.5) is 8.78 Å². The molecule has 1 aliphatic rings. The summed E-state index contributed by atoms with van der Waals surface area (Å²) in [7, 11) is 0. The minimum atomic E-state index is -2.76. The van der Waals surface area contributed by atoms with Crippen LogP contribution < -0.4 is 11.1 Å². The normalized spacial score (nSPS) is 17.6. The van der Waals surface area contributed by atoms with E-state index in [9.17, 15) is 8.78 Å². The molecular weight excluding hydrogens is 335 g/mol. The lowest BCUT2D eigenvalue weighted by Crippen LogP contribution is -2.38. The smallest absolute Gasteiger partial charge is 0.267 e. The van der Waals surface area contributed by atoms with E-state index in [1.54, 1.807) is 18.2 Å². The largest absolute Gasteiger partial charge is 0.369 e. The highest BCUT2D eigenvalue weighted by molar-refractivity contribution is 6.35. The van der Waals surface area contributed by atoms with Gasteiger partial charge in [0.2, 0.25) is 5.96 Å². The highest BCUT2D eigenvalue weighted by atomic mass is 35.5. The maximum Gasteiger partial charge on any atom is 0.267 e. The van der Waals surface area contributed by atoms with Gasteiger partial charge in [0.25, 0.3) is 5.92 Å². The molecule has 1 aliphatic heterocycles. The number of hydrogen-bond acceptors (Lipinski definition) is 1. The van der Waals surface area contributed by atoms with E-state index in [0.29, 0.717) is 10.0 Å².